The second kappa shape index (κ2) is 9.25. The number of aliphatic carboxylic acids is 1. The van der Waals surface area contributed by atoms with Crippen LogP contribution in [0, 0.1) is 12.8 Å². The van der Waals surface area contributed by atoms with Gasteiger partial charge in [0.25, 0.3) is 0 Å². The van der Waals surface area contributed by atoms with Crippen LogP contribution in [0.25, 0.3) is 0 Å². The monoisotopic (exact) mass is 375 g/mol. The minimum absolute atomic E-state index is 0.0613. The second-order valence-corrected chi connectivity index (χ2v) is 6.78. The van der Waals surface area contributed by atoms with Gasteiger partial charge in [0.05, 0.1) is 0 Å². The van der Waals surface area contributed by atoms with Crippen molar-refractivity contribution in [1.82, 2.24) is 0 Å². The van der Waals surface area contributed by atoms with Crippen LogP contribution in [0.15, 0.2) is 42.5 Å². The highest BCUT2D eigenvalue weighted by molar-refractivity contribution is 6.30. The molecule has 2 rings (SSSR count). The Balaban J connectivity index is 1.88. The Hall–Kier alpha value is -2.53. The predicted octanol–water partition coefficient (Wildman–Crippen LogP) is 4.32. The van der Waals surface area contributed by atoms with E-state index in [-0.39, 0.29) is 11.8 Å². The fourth-order valence-electron chi connectivity index (χ4n) is 2.62. The fourth-order valence-corrected chi connectivity index (χ4v) is 2.75. The lowest BCUT2D eigenvalue weighted by Crippen LogP contribution is -2.17. The number of aryl methyl sites for hydroxylation is 1. The molecule has 0 aliphatic heterocycles. The summed E-state index contributed by atoms with van der Waals surface area (Å²) in [7, 11) is 0. The van der Waals surface area contributed by atoms with Crippen molar-refractivity contribution in [2.45, 2.75) is 26.7 Å². The van der Waals surface area contributed by atoms with Gasteiger partial charge in [-0.05, 0) is 60.7 Å². The van der Waals surface area contributed by atoms with E-state index in [2.05, 4.69) is 5.32 Å². The van der Waals surface area contributed by atoms with Crippen LogP contribution in [0.2, 0.25) is 5.02 Å². The van der Waals surface area contributed by atoms with Gasteiger partial charge in [0, 0.05) is 17.1 Å². The van der Waals surface area contributed by atoms with E-state index in [1.807, 2.05) is 38.1 Å². The van der Waals surface area contributed by atoms with Gasteiger partial charge in [-0.15, -0.1) is 0 Å². The van der Waals surface area contributed by atoms with E-state index in [0.717, 1.165) is 17.5 Å². The molecule has 1 atom stereocenters. The Labute approximate surface area is 157 Å². The highest BCUT2D eigenvalue weighted by atomic mass is 35.5. The molecule has 2 N–H and O–H groups in total. The maximum Gasteiger partial charge on any atom is 0.341 e. The van der Waals surface area contributed by atoms with E-state index >= 15 is 0 Å². The van der Waals surface area contributed by atoms with E-state index in [9.17, 15) is 9.59 Å². The van der Waals surface area contributed by atoms with Gasteiger partial charge in [-0.3, -0.25) is 4.79 Å². The zero-order valence-electron chi connectivity index (χ0n) is 14.8. The molecule has 0 saturated carbocycles. The molecule has 0 fully saturated rings. The summed E-state index contributed by atoms with van der Waals surface area (Å²) >= 11 is 5.88. The summed E-state index contributed by atoms with van der Waals surface area (Å²) in [5, 5.41) is 12.2. The number of carbonyl (C=O) groups excluding carboxylic acids is 1. The molecule has 6 heteroatoms. The minimum Gasteiger partial charge on any atom is -0.482 e. The molecule has 2 aromatic rings. The third-order valence-corrected chi connectivity index (χ3v) is 4.12. The van der Waals surface area contributed by atoms with Crippen molar-refractivity contribution in [1.29, 1.82) is 0 Å². The van der Waals surface area contributed by atoms with Crippen LogP contribution in [0.1, 0.15) is 24.5 Å². The molecule has 138 valence electrons. The number of anilines is 1. The summed E-state index contributed by atoms with van der Waals surface area (Å²) in [5.74, 6) is -0.447. The average molecular weight is 376 g/mol. The number of carboxylic acids is 1. The van der Waals surface area contributed by atoms with E-state index < -0.39 is 12.6 Å². The van der Waals surface area contributed by atoms with Gasteiger partial charge in [0.15, 0.2) is 6.61 Å². The molecule has 0 bridgehead atoms. The molecule has 0 saturated heterocycles. The lowest BCUT2D eigenvalue weighted by molar-refractivity contribution is -0.139. The van der Waals surface area contributed by atoms with Crippen molar-refractivity contribution in [2.75, 3.05) is 11.9 Å². The van der Waals surface area contributed by atoms with E-state index in [4.69, 9.17) is 21.4 Å². The zero-order valence-corrected chi connectivity index (χ0v) is 15.5. The van der Waals surface area contributed by atoms with Gasteiger partial charge in [0.1, 0.15) is 5.75 Å². The van der Waals surface area contributed by atoms with Crippen LogP contribution in [0.3, 0.4) is 0 Å². The standard InChI is InChI=1S/C20H22ClNO4/c1-13(9-15-3-5-16(21)6-4-15)10-19(23)22-18-8-7-17(11-14(18)2)26-12-20(24)25/h3-8,11,13H,9-10,12H2,1-2H3,(H,22,23)(H,24,25). The summed E-state index contributed by atoms with van der Waals surface area (Å²) in [6, 6.07) is 12.7. The van der Waals surface area contributed by atoms with Crippen LogP contribution in [-0.4, -0.2) is 23.6 Å². The highest BCUT2D eigenvalue weighted by Crippen LogP contribution is 2.22. The third kappa shape index (κ3) is 6.41. The summed E-state index contributed by atoms with van der Waals surface area (Å²) in [6.45, 7) is 3.47. The molecule has 0 spiro atoms. The Kier molecular flexibility index (Phi) is 7.04. The van der Waals surface area contributed by atoms with Crippen LogP contribution >= 0.6 is 11.6 Å². The van der Waals surface area contributed by atoms with E-state index in [1.165, 1.54) is 0 Å². The van der Waals surface area contributed by atoms with E-state index in [1.54, 1.807) is 18.2 Å². The van der Waals surface area contributed by atoms with Gasteiger partial charge < -0.3 is 15.2 Å². The number of benzene rings is 2. The topological polar surface area (TPSA) is 75.6 Å². The van der Waals surface area contributed by atoms with Crippen LogP contribution in [0.5, 0.6) is 5.75 Å². The summed E-state index contributed by atoms with van der Waals surface area (Å²) in [4.78, 5) is 22.8. The van der Waals surface area contributed by atoms with Gasteiger partial charge in [0.2, 0.25) is 5.91 Å². The Morgan fingerprint density at radius 2 is 1.88 bits per heavy atom. The number of hydrogen-bond acceptors (Lipinski definition) is 3. The molecule has 0 radical (unpaired) electrons. The first kappa shape index (κ1) is 19.8. The molecule has 1 unspecified atom stereocenters. The molecule has 0 aliphatic carbocycles. The molecular weight excluding hydrogens is 354 g/mol. The van der Waals surface area contributed by atoms with Crippen LogP contribution in [0.4, 0.5) is 5.69 Å². The minimum atomic E-state index is -1.03. The molecule has 0 aromatic heterocycles. The maximum atomic E-state index is 12.3. The molecule has 0 aliphatic rings. The highest BCUT2D eigenvalue weighted by Gasteiger charge is 2.12. The number of amides is 1. The SMILES string of the molecule is Cc1cc(OCC(=O)O)ccc1NC(=O)CC(C)Cc1ccc(Cl)cc1. The van der Waals surface area contributed by atoms with Crippen molar-refractivity contribution in [3.8, 4) is 5.75 Å². The molecule has 26 heavy (non-hydrogen) atoms. The molecule has 5 nitrogen and oxygen atoms in total. The molecular formula is C20H22ClNO4. The predicted molar refractivity (Wildman–Crippen MR) is 102 cm³/mol. The third-order valence-electron chi connectivity index (χ3n) is 3.87. The number of carboxylic acid groups (broad SMARTS) is 1. The lowest BCUT2D eigenvalue weighted by Gasteiger charge is -2.14. The molecule has 1 amide bonds. The average Bonchev–Trinajstić information content (AvgIpc) is 2.57. The van der Waals surface area contributed by atoms with Crippen molar-refractivity contribution in [3.63, 3.8) is 0 Å². The number of rotatable bonds is 8. The normalized spacial score (nSPS) is 11.7. The quantitative estimate of drug-likeness (QED) is 0.720. The Morgan fingerprint density at radius 3 is 2.50 bits per heavy atom. The maximum absolute atomic E-state index is 12.3. The van der Waals surface area contributed by atoms with Crippen molar-refractivity contribution in [3.05, 3.63) is 58.6 Å². The summed E-state index contributed by atoms with van der Waals surface area (Å²) < 4.78 is 5.13. The number of halogens is 1. The molecule has 2 aromatic carbocycles. The Morgan fingerprint density at radius 1 is 1.19 bits per heavy atom. The van der Waals surface area contributed by atoms with Crippen molar-refractivity contribution < 1.29 is 19.4 Å². The Bertz CT molecular complexity index is 774. The number of nitrogens with one attached hydrogen (secondary N) is 1. The zero-order chi connectivity index (χ0) is 19.1. The summed E-state index contributed by atoms with van der Waals surface area (Å²) in [5.41, 5.74) is 2.65. The van der Waals surface area contributed by atoms with Crippen LogP contribution < -0.4 is 10.1 Å². The van der Waals surface area contributed by atoms with E-state index in [0.29, 0.717) is 22.9 Å². The first-order valence-electron chi connectivity index (χ1n) is 8.33. The number of carbonyl (C=O) groups is 2. The smallest absolute Gasteiger partial charge is 0.341 e. The van der Waals surface area contributed by atoms with Gasteiger partial charge >= 0.3 is 5.97 Å². The first-order valence-corrected chi connectivity index (χ1v) is 8.71. The second-order valence-electron chi connectivity index (χ2n) is 6.35. The summed E-state index contributed by atoms with van der Waals surface area (Å²) in [6.07, 6.45) is 1.20. The number of hydrogen-bond donors (Lipinski definition) is 2. The van der Waals surface area contributed by atoms with Crippen LogP contribution in [-0.2, 0) is 16.0 Å². The van der Waals surface area contributed by atoms with Gasteiger partial charge in [-0.2, -0.15) is 0 Å². The van der Waals surface area contributed by atoms with Crippen molar-refractivity contribution >= 4 is 29.2 Å². The lowest BCUT2D eigenvalue weighted by atomic mass is 9.98. The first-order chi connectivity index (χ1) is 12.3. The fraction of sp³-hybridized carbons (Fsp3) is 0.300. The largest absolute Gasteiger partial charge is 0.482 e. The van der Waals surface area contributed by atoms with Gasteiger partial charge in [-0.1, -0.05) is 30.7 Å². The van der Waals surface area contributed by atoms with Gasteiger partial charge in [-0.25, -0.2) is 4.79 Å². The number of ether oxygens (including phenoxy) is 1. The van der Waals surface area contributed by atoms with Crippen molar-refractivity contribution in [2.24, 2.45) is 5.92 Å². The molecule has 0 heterocycles.